The van der Waals surface area contributed by atoms with Gasteiger partial charge in [-0.15, -0.1) is 11.8 Å². The molecule has 3 aromatic rings. The van der Waals surface area contributed by atoms with Crippen LogP contribution in [0, 0.1) is 5.92 Å². The number of aromatic nitrogens is 2. The van der Waals surface area contributed by atoms with Crippen LogP contribution >= 0.6 is 23.4 Å². The van der Waals surface area contributed by atoms with E-state index in [2.05, 4.69) is 9.97 Å². The second-order valence-electron chi connectivity index (χ2n) is 6.92. The second kappa shape index (κ2) is 8.42. The molecule has 2 aromatic carbocycles. The van der Waals surface area contributed by atoms with Gasteiger partial charge in [-0.05, 0) is 35.4 Å². The lowest BCUT2D eigenvalue weighted by molar-refractivity contribution is -0.137. The number of rotatable bonds is 5. The summed E-state index contributed by atoms with van der Waals surface area (Å²) in [7, 11) is 0. The van der Waals surface area contributed by atoms with Crippen LogP contribution in [-0.2, 0) is 23.9 Å². The molecule has 2 heterocycles. The number of alkyl halides is 3. The largest absolute Gasteiger partial charge is 0.416 e. The van der Waals surface area contributed by atoms with Crippen LogP contribution in [0.15, 0.2) is 59.8 Å². The van der Waals surface area contributed by atoms with Crippen LogP contribution < -0.4 is 0 Å². The van der Waals surface area contributed by atoms with Crippen LogP contribution in [0.5, 0.6) is 0 Å². The molecule has 1 aliphatic rings. The average molecular weight is 439 g/mol. The fraction of sp³-hybridized carbons (Fsp3) is 0.286. The van der Waals surface area contributed by atoms with Crippen molar-refractivity contribution in [2.45, 2.75) is 30.2 Å². The molecule has 0 saturated carbocycles. The number of halogens is 4. The van der Waals surface area contributed by atoms with E-state index >= 15 is 0 Å². The number of aromatic amines is 1. The maximum atomic E-state index is 13.1. The molecule has 29 heavy (non-hydrogen) atoms. The van der Waals surface area contributed by atoms with Crippen molar-refractivity contribution in [1.29, 1.82) is 0 Å². The fourth-order valence-electron chi connectivity index (χ4n) is 3.43. The summed E-state index contributed by atoms with van der Waals surface area (Å²) in [4.78, 5) is 8.01. The molecule has 0 amide bonds. The molecule has 1 aromatic heterocycles. The first-order valence-electron chi connectivity index (χ1n) is 9.08. The van der Waals surface area contributed by atoms with Crippen LogP contribution in [0.25, 0.3) is 0 Å². The minimum Gasteiger partial charge on any atom is -0.368 e. The summed E-state index contributed by atoms with van der Waals surface area (Å²) in [6, 6.07) is 11.3. The standard InChI is InChI=1S/C21H18ClF3N2OS/c22-16-4-1-13(2-5-16)11-28-20-14(9-19-26-7-8-27-19)12-29-18-10-15(21(23,24)25)3-6-17(18)20/h1-8,10,14,20H,9,11-12H2,(H,26,27)/t14-,20-/m0/s1. The molecule has 0 spiro atoms. The molecule has 1 N–H and O–H groups in total. The number of nitrogens with zero attached hydrogens (tertiary/aromatic N) is 1. The van der Waals surface area contributed by atoms with E-state index in [0.717, 1.165) is 23.0 Å². The fourth-order valence-corrected chi connectivity index (χ4v) is 4.80. The number of fused-ring (bicyclic) bond motifs is 1. The summed E-state index contributed by atoms with van der Waals surface area (Å²) in [6.07, 6.45) is -0.572. The van der Waals surface area contributed by atoms with Crippen molar-refractivity contribution in [2.24, 2.45) is 5.92 Å². The van der Waals surface area contributed by atoms with E-state index in [0.29, 0.717) is 28.7 Å². The molecule has 0 bridgehead atoms. The van der Waals surface area contributed by atoms with Crippen molar-refractivity contribution in [3.8, 4) is 0 Å². The molecular weight excluding hydrogens is 421 g/mol. The van der Waals surface area contributed by atoms with Crippen molar-refractivity contribution >= 4 is 23.4 Å². The van der Waals surface area contributed by atoms with Crippen molar-refractivity contribution in [3.63, 3.8) is 0 Å². The Bertz CT molecular complexity index is 961. The third-order valence-electron chi connectivity index (χ3n) is 4.88. The third-order valence-corrected chi connectivity index (χ3v) is 6.39. The van der Waals surface area contributed by atoms with E-state index in [-0.39, 0.29) is 12.0 Å². The minimum absolute atomic E-state index is 0.0858. The van der Waals surface area contributed by atoms with Crippen molar-refractivity contribution in [2.75, 3.05) is 5.75 Å². The van der Waals surface area contributed by atoms with Gasteiger partial charge in [0.05, 0.1) is 18.3 Å². The smallest absolute Gasteiger partial charge is 0.368 e. The zero-order chi connectivity index (χ0) is 20.4. The van der Waals surface area contributed by atoms with Crippen molar-refractivity contribution in [3.05, 3.63) is 82.4 Å². The van der Waals surface area contributed by atoms with Gasteiger partial charge in [-0.3, -0.25) is 0 Å². The normalized spacial score (nSPS) is 19.2. The van der Waals surface area contributed by atoms with Crippen molar-refractivity contribution < 1.29 is 17.9 Å². The van der Waals surface area contributed by atoms with E-state index in [4.69, 9.17) is 16.3 Å². The second-order valence-corrected chi connectivity index (χ2v) is 8.42. The van der Waals surface area contributed by atoms with Crippen LogP contribution in [0.4, 0.5) is 13.2 Å². The van der Waals surface area contributed by atoms with Gasteiger partial charge in [0.2, 0.25) is 0 Å². The Labute approximate surface area is 175 Å². The molecule has 8 heteroatoms. The topological polar surface area (TPSA) is 37.9 Å². The van der Waals surface area contributed by atoms with Gasteiger partial charge in [0, 0.05) is 40.4 Å². The highest BCUT2D eigenvalue weighted by molar-refractivity contribution is 7.99. The lowest BCUT2D eigenvalue weighted by atomic mass is 9.92. The highest BCUT2D eigenvalue weighted by Gasteiger charge is 2.35. The number of imidazole rings is 1. The molecule has 0 saturated heterocycles. The Hall–Kier alpha value is -1.96. The van der Waals surface area contributed by atoms with Gasteiger partial charge >= 0.3 is 6.18 Å². The maximum absolute atomic E-state index is 13.1. The van der Waals surface area contributed by atoms with Gasteiger partial charge in [0.1, 0.15) is 5.82 Å². The summed E-state index contributed by atoms with van der Waals surface area (Å²) in [6.45, 7) is 0.349. The maximum Gasteiger partial charge on any atom is 0.416 e. The number of benzene rings is 2. The van der Waals surface area contributed by atoms with Crippen LogP contribution in [-0.4, -0.2) is 15.7 Å². The molecule has 0 fully saturated rings. The first kappa shape index (κ1) is 20.3. The Balaban J connectivity index is 1.61. The van der Waals surface area contributed by atoms with E-state index in [1.165, 1.54) is 17.8 Å². The Morgan fingerprint density at radius 1 is 1.17 bits per heavy atom. The number of thioether (sulfide) groups is 1. The number of nitrogens with one attached hydrogen (secondary N) is 1. The Morgan fingerprint density at radius 2 is 1.97 bits per heavy atom. The molecule has 1 aliphatic heterocycles. The number of ether oxygens (including phenoxy) is 1. The summed E-state index contributed by atoms with van der Waals surface area (Å²) in [5.74, 6) is 1.58. The molecule has 152 valence electrons. The van der Waals surface area contributed by atoms with Gasteiger partial charge in [0.25, 0.3) is 0 Å². The number of H-pyrrole nitrogens is 1. The van der Waals surface area contributed by atoms with Gasteiger partial charge in [-0.25, -0.2) is 4.98 Å². The van der Waals surface area contributed by atoms with Crippen LogP contribution in [0.2, 0.25) is 5.02 Å². The summed E-state index contributed by atoms with van der Waals surface area (Å²) >= 11 is 7.37. The van der Waals surface area contributed by atoms with Crippen LogP contribution in [0.3, 0.4) is 0 Å². The van der Waals surface area contributed by atoms with Gasteiger partial charge in [-0.1, -0.05) is 29.8 Å². The predicted molar refractivity (Wildman–Crippen MR) is 107 cm³/mol. The Morgan fingerprint density at radius 3 is 2.66 bits per heavy atom. The first-order chi connectivity index (χ1) is 13.9. The predicted octanol–water partition coefficient (Wildman–Crippen LogP) is 6.30. The summed E-state index contributed by atoms with van der Waals surface area (Å²) in [5.41, 5.74) is 1.11. The molecule has 2 atom stereocenters. The number of hydrogen-bond acceptors (Lipinski definition) is 3. The monoisotopic (exact) mass is 438 g/mol. The first-order valence-corrected chi connectivity index (χ1v) is 10.4. The summed E-state index contributed by atoms with van der Waals surface area (Å²) in [5, 5.41) is 0.642. The molecule has 4 rings (SSSR count). The molecule has 0 aliphatic carbocycles. The van der Waals surface area contributed by atoms with Crippen molar-refractivity contribution in [1.82, 2.24) is 9.97 Å². The van der Waals surface area contributed by atoms with Crippen LogP contribution in [0.1, 0.15) is 28.6 Å². The molecule has 0 radical (unpaired) electrons. The zero-order valence-electron chi connectivity index (χ0n) is 15.2. The highest BCUT2D eigenvalue weighted by Crippen LogP contribution is 2.45. The molecular formula is C21H18ClF3N2OS. The quantitative estimate of drug-likeness (QED) is 0.507. The average Bonchev–Trinajstić information content (AvgIpc) is 3.20. The zero-order valence-corrected chi connectivity index (χ0v) is 16.8. The van der Waals surface area contributed by atoms with Gasteiger partial charge in [0.15, 0.2) is 0 Å². The lowest BCUT2D eigenvalue weighted by Crippen LogP contribution is -2.25. The number of hydrogen-bond donors (Lipinski definition) is 1. The van der Waals surface area contributed by atoms with E-state index < -0.39 is 11.7 Å². The third kappa shape index (κ3) is 4.79. The lowest BCUT2D eigenvalue weighted by Gasteiger charge is -2.33. The van der Waals surface area contributed by atoms with Gasteiger partial charge in [-0.2, -0.15) is 13.2 Å². The summed E-state index contributed by atoms with van der Waals surface area (Å²) < 4.78 is 45.6. The van der Waals surface area contributed by atoms with E-state index in [9.17, 15) is 13.2 Å². The minimum atomic E-state index is -4.36. The SMILES string of the molecule is FC(F)(F)c1ccc2c(c1)SC[C@H](Cc1ncc[nH]1)[C@@H]2OCc1ccc(Cl)cc1. The Kier molecular flexibility index (Phi) is 5.90. The van der Waals surface area contributed by atoms with E-state index in [1.807, 2.05) is 12.1 Å². The molecule has 3 nitrogen and oxygen atoms in total. The van der Waals surface area contributed by atoms with E-state index in [1.54, 1.807) is 30.6 Å². The molecule has 0 unspecified atom stereocenters. The highest BCUT2D eigenvalue weighted by atomic mass is 35.5. The van der Waals surface area contributed by atoms with Gasteiger partial charge < -0.3 is 9.72 Å².